The molecule has 0 aliphatic rings. The van der Waals surface area contributed by atoms with Crippen molar-refractivity contribution in [1.82, 2.24) is 4.98 Å². The van der Waals surface area contributed by atoms with E-state index in [1.165, 1.54) is 11.1 Å². The van der Waals surface area contributed by atoms with Crippen LogP contribution in [0, 0.1) is 0 Å². The van der Waals surface area contributed by atoms with Crippen LogP contribution >= 0.6 is 11.6 Å². The predicted octanol–water partition coefficient (Wildman–Crippen LogP) is 3.05. The van der Waals surface area contributed by atoms with Crippen LogP contribution < -0.4 is 4.90 Å². The Kier molecular flexibility index (Phi) is 4.81. The van der Waals surface area contributed by atoms with Crippen molar-refractivity contribution >= 4 is 23.2 Å². The number of carbonyl (C=O) groups is 1. The van der Waals surface area contributed by atoms with E-state index >= 15 is 0 Å². The molecule has 0 aliphatic heterocycles. The zero-order chi connectivity index (χ0) is 12.9. The summed E-state index contributed by atoms with van der Waals surface area (Å²) >= 11 is 4.74. The van der Waals surface area contributed by atoms with Crippen LogP contribution in [0.15, 0.2) is 24.5 Å². The molecule has 0 aliphatic carbocycles. The Balaban J connectivity index is 2.43. The number of nitrogens with zero attached hydrogens (tertiary/aromatic N) is 2. The van der Waals surface area contributed by atoms with Crippen LogP contribution in [0.1, 0.15) is 19.3 Å². The monoisotopic (exact) mass is 262 g/mol. The molecule has 1 heterocycles. The van der Waals surface area contributed by atoms with Gasteiger partial charge in [0.1, 0.15) is 0 Å². The zero-order valence-electron chi connectivity index (χ0n) is 9.37. The van der Waals surface area contributed by atoms with Gasteiger partial charge in [-0.3, -0.25) is 9.78 Å². The van der Waals surface area contributed by atoms with E-state index in [1.807, 2.05) is 0 Å². The maximum atomic E-state index is 12.3. The quantitative estimate of drug-likeness (QED) is 0.764. The lowest BCUT2D eigenvalue weighted by molar-refractivity contribution is -0.118. The molecule has 94 valence electrons. The average molecular weight is 263 g/mol. The van der Waals surface area contributed by atoms with Crippen molar-refractivity contribution in [2.45, 2.75) is 24.6 Å². The highest BCUT2D eigenvalue weighted by Crippen LogP contribution is 2.25. The van der Waals surface area contributed by atoms with Gasteiger partial charge in [0.25, 0.3) is 0 Å². The van der Waals surface area contributed by atoms with Gasteiger partial charge in [-0.05, 0) is 30.2 Å². The Bertz CT molecular complexity index is 367. The summed E-state index contributed by atoms with van der Waals surface area (Å²) in [6.07, 6.45) is 2.72. The molecule has 0 spiro atoms. The molecule has 0 radical (unpaired) electrons. The second-order valence-corrected chi connectivity index (χ2v) is 4.19. The lowest BCUT2D eigenvalue weighted by atomic mass is 10.2. The number of amides is 1. The topological polar surface area (TPSA) is 33.2 Å². The molecular formula is C11H13ClF2N2O. The van der Waals surface area contributed by atoms with E-state index < -0.39 is 11.8 Å². The molecule has 1 rings (SSSR count). The molecule has 0 fully saturated rings. The molecule has 0 saturated heterocycles. The number of anilines is 1. The fourth-order valence-electron chi connectivity index (χ4n) is 1.30. The molecule has 6 heteroatoms. The third-order valence-electron chi connectivity index (χ3n) is 2.26. The molecule has 1 amide bonds. The van der Waals surface area contributed by atoms with Crippen molar-refractivity contribution in [1.29, 1.82) is 0 Å². The van der Waals surface area contributed by atoms with E-state index in [-0.39, 0.29) is 18.7 Å². The van der Waals surface area contributed by atoms with Crippen LogP contribution in [-0.2, 0) is 4.79 Å². The molecule has 1 aromatic heterocycles. The van der Waals surface area contributed by atoms with Gasteiger partial charge < -0.3 is 4.90 Å². The van der Waals surface area contributed by atoms with Crippen LogP contribution in [0.2, 0.25) is 0 Å². The Labute approximate surface area is 103 Å². The predicted molar refractivity (Wildman–Crippen MR) is 62.3 cm³/mol. The molecule has 3 nitrogen and oxygen atoms in total. The Hall–Kier alpha value is -1.23. The molecular weight excluding hydrogens is 250 g/mol. The fraction of sp³-hybridized carbons (Fsp3) is 0.455. The third kappa shape index (κ3) is 5.08. The standard InChI is InChI=1S/C11H13ClF2N2O/c1-16(9-4-3-7-15-8-9)10(17)5-2-6-11(12,13)14/h3-4,7-8H,2,5-6H2,1H3. The van der Waals surface area contributed by atoms with E-state index in [9.17, 15) is 13.6 Å². The van der Waals surface area contributed by atoms with E-state index in [4.69, 9.17) is 11.6 Å². The van der Waals surface area contributed by atoms with Crippen LogP contribution in [-0.4, -0.2) is 23.3 Å². The van der Waals surface area contributed by atoms with Gasteiger partial charge in [-0.15, -0.1) is 0 Å². The lowest BCUT2D eigenvalue weighted by Crippen LogP contribution is -2.26. The van der Waals surface area contributed by atoms with Crippen LogP contribution in [0.4, 0.5) is 14.5 Å². The molecule has 17 heavy (non-hydrogen) atoms. The van der Waals surface area contributed by atoms with E-state index in [1.54, 1.807) is 25.4 Å². The molecule has 0 N–H and O–H groups in total. The average Bonchev–Trinajstić information content (AvgIpc) is 2.27. The summed E-state index contributed by atoms with van der Waals surface area (Å²) in [6, 6.07) is 3.42. The first-order valence-corrected chi connectivity index (χ1v) is 5.51. The summed E-state index contributed by atoms with van der Waals surface area (Å²) in [6.45, 7) is 0. The van der Waals surface area contributed by atoms with E-state index in [2.05, 4.69) is 4.98 Å². The van der Waals surface area contributed by atoms with Gasteiger partial charge in [-0.2, -0.15) is 8.78 Å². The maximum Gasteiger partial charge on any atom is 0.321 e. The minimum absolute atomic E-state index is 0.0354. The summed E-state index contributed by atoms with van der Waals surface area (Å²) in [4.78, 5) is 16.9. The molecule has 0 unspecified atom stereocenters. The fourth-order valence-corrected chi connectivity index (χ4v) is 1.44. The van der Waals surface area contributed by atoms with Crippen molar-refractivity contribution < 1.29 is 13.6 Å². The Morgan fingerprint density at radius 2 is 2.29 bits per heavy atom. The summed E-state index contributed by atoms with van der Waals surface area (Å²) < 4.78 is 24.7. The summed E-state index contributed by atoms with van der Waals surface area (Å²) in [5, 5.41) is -3.23. The molecule has 0 aromatic carbocycles. The normalized spacial score (nSPS) is 11.3. The van der Waals surface area contributed by atoms with E-state index in [0.717, 1.165) is 0 Å². The number of aromatic nitrogens is 1. The minimum Gasteiger partial charge on any atom is -0.314 e. The lowest BCUT2D eigenvalue weighted by Gasteiger charge is -2.17. The highest BCUT2D eigenvalue weighted by Gasteiger charge is 2.24. The van der Waals surface area contributed by atoms with Gasteiger partial charge in [0.15, 0.2) is 0 Å². The maximum absolute atomic E-state index is 12.3. The van der Waals surface area contributed by atoms with Gasteiger partial charge in [-0.1, -0.05) is 0 Å². The first kappa shape index (κ1) is 13.8. The molecule has 0 saturated carbocycles. The van der Waals surface area contributed by atoms with Gasteiger partial charge in [0.05, 0.1) is 11.9 Å². The number of hydrogen-bond donors (Lipinski definition) is 0. The second-order valence-electron chi connectivity index (χ2n) is 3.63. The van der Waals surface area contributed by atoms with Crippen molar-refractivity contribution in [3.8, 4) is 0 Å². The minimum atomic E-state index is -3.23. The summed E-state index contributed by atoms with van der Waals surface area (Å²) in [5.41, 5.74) is 0.634. The molecule has 0 bridgehead atoms. The van der Waals surface area contributed by atoms with Crippen molar-refractivity contribution in [3.05, 3.63) is 24.5 Å². The first-order chi connectivity index (χ1) is 7.90. The van der Waals surface area contributed by atoms with Crippen molar-refractivity contribution in [2.24, 2.45) is 0 Å². The third-order valence-corrected chi connectivity index (χ3v) is 2.45. The number of carbonyl (C=O) groups excluding carboxylic acids is 1. The van der Waals surface area contributed by atoms with Crippen LogP contribution in [0.25, 0.3) is 0 Å². The Morgan fingerprint density at radius 1 is 1.59 bits per heavy atom. The van der Waals surface area contributed by atoms with Crippen molar-refractivity contribution in [2.75, 3.05) is 11.9 Å². The summed E-state index contributed by atoms with van der Waals surface area (Å²) in [5.74, 6) is -0.237. The first-order valence-electron chi connectivity index (χ1n) is 5.13. The zero-order valence-corrected chi connectivity index (χ0v) is 10.1. The van der Waals surface area contributed by atoms with Gasteiger partial charge in [0, 0.05) is 26.1 Å². The largest absolute Gasteiger partial charge is 0.321 e. The Morgan fingerprint density at radius 3 is 2.82 bits per heavy atom. The van der Waals surface area contributed by atoms with Crippen LogP contribution in [0.3, 0.4) is 0 Å². The molecule has 1 aromatic rings. The number of hydrogen-bond acceptors (Lipinski definition) is 2. The highest BCUT2D eigenvalue weighted by atomic mass is 35.5. The molecule has 0 atom stereocenters. The van der Waals surface area contributed by atoms with Crippen molar-refractivity contribution in [3.63, 3.8) is 0 Å². The second kappa shape index (κ2) is 5.91. The van der Waals surface area contributed by atoms with Crippen LogP contribution in [0.5, 0.6) is 0 Å². The number of rotatable bonds is 5. The highest BCUT2D eigenvalue weighted by molar-refractivity contribution is 6.21. The number of halogens is 3. The van der Waals surface area contributed by atoms with Gasteiger partial charge >= 0.3 is 5.38 Å². The van der Waals surface area contributed by atoms with Gasteiger partial charge in [0.2, 0.25) is 5.91 Å². The van der Waals surface area contributed by atoms with Gasteiger partial charge in [-0.25, -0.2) is 0 Å². The smallest absolute Gasteiger partial charge is 0.314 e. The number of pyridine rings is 1. The van der Waals surface area contributed by atoms with E-state index in [0.29, 0.717) is 5.69 Å². The number of alkyl halides is 3. The SMILES string of the molecule is CN(C(=O)CCCC(F)(F)Cl)c1cccnc1. The summed E-state index contributed by atoms with van der Waals surface area (Å²) in [7, 11) is 1.58.